The second-order valence-electron chi connectivity index (χ2n) is 3.73. The molecule has 1 aliphatic rings. The smallest absolute Gasteiger partial charge is 0.331 e. The summed E-state index contributed by atoms with van der Waals surface area (Å²) < 4.78 is 4.63. The fourth-order valence-corrected chi connectivity index (χ4v) is 1.70. The minimum Gasteiger partial charge on any atom is -0.478 e. The number of carbonyl (C=O) groups is 3. The zero-order valence-corrected chi connectivity index (χ0v) is 8.85. The van der Waals surface area contributed by atoms with E-state index in [9.17, 15) is 14.4 Å². The van der Waals surface area contributed by atoms with Gasteiger partial charge in [0.05, 0.1) is 0 Å². The third kappa shape index (κ3) is 4.25. The van der Waals surface area contributed by atoms with Crippen LogP contribution < -0.4 is 0 Å². The summed E-state index contributed by atoms with van der Waals surface area (Å²) in [7, 11) is 0. The number of Topliss-reactive ketones (excluding diaryl/α,β-unsaturated/α-hetero) is 1. The van der Waals surface area contributed by atoms with Gasteiger partial charge in [-0.1, -0.05) is 12.8 Å². The standard InChI is InChI=1S/C11H14O5/c12-9(8-3-1-2-4-8)7-16-11(15)6-5-10(13)14/h5-6,8H,1-4,7H2,(H,13,14)/b6-5+. The van der Waals surface area contributed by atoms with Gasteiger partial charge in [-0.2, -0.15) is 0 Å². The molecular weight excluding hydrogens is 212 g/mol. The summed E-state index contributed by atoms with van der Waals surface area (Å²) in [6, 6.07) is 0. The first-order chi connectivity index (χ1) is 7.59. The molecule has 0 saturated heterocycles. The Kier molecular flexibility index (Phi) is 4.69. The molecule has 0 bridgehead atoms. The molecule has 0 aromatic heterocycles. The topological polar surface area (TPSA) is 80.7 Å². The Morgan fingerprint density at radius 3 is 2.38 bits per heavy atom. The van der Waals surface area contributed by atoms with E-state index in [0.29, 0.717) is 6.08 Å². The van der Waals surface area contributed by atoms with Crippen molar-refractivity contribution >= 4 is 17.7 Å². The Hall–Kier alpha value is -1.65. The number of carboxylic acids is 1. The summed E-state index contributed by atoms with van der Waals surface area (Å²) in [5, 5.41) is 8.25. The van der Waals surface area contributed by atoms with Gasteiger partial charge in [0.15, 0.2) is 12.4 Å². The molecule has 0 heterocycles. The van der Waals surface area contributed by atoms with E-state index in [1.54, 1.807) is 0 Å². The SMILES string of the molecule is O=C(O)/C=C/C(=O)OCC(=O)C1CCCC1. The Morgan fingerprint density at radius 2 is 1.81 bits per heavy atom. The highest BCUT2D eigenvalue weighted by Crippen LogP contribution is 2.25. The Morgan fingerprint density at radius 1 is 1.19 bits per heavy atom. The van der Waals surface area contributed by atoms with E-state index in [1.807, 2.05) is 0 Å². The lowest BCUT2D eigenvalue weighted by Gasteiger charge is -2.06. The van der Waals surface area contributed by atoms with E-state index in [0.717, 1.165) is 31.8 Å². The lowest BCUT2D eigenvalue weighted by molar-refractivity contribution is -0.144. The third-order valence-electron chi connectivity index (χ3n) is 2.53. The van der Waals surface area contributed by atoms with E-state index in [4.69, 9.17) is 5.11 Å². The Balaban J connectivity index is 2.25. The van der Waals surface area contributed by atoms with Crippen molar-refractivity contribution in [1.82, 2.24) is 0 Å². The summed E-state index contributed by atoms with van der Waals surface area (Å²) in [5.41, 5.74) is 0. The molecule has 5 heteroatoms. The van der Waals surface area contributed by atoms with E-state index < -0.39 is 11.9 Å². The average Bonchev–Trinajstić information content (AvgIpc) is 2.76. The number of hydrogen-bond acceptors (Lipinski definition) is 4. The van der Waals surface area contributed by atoms with Crippen molar-refractivity contribution in [2.75, 3.05) is 6.61 Å². The van der Waals surface area contributed by atoms with Crippen LogP contribution >= 0.6 is 0 Å². The monoisotopic (exact) mass is 226 g/mol. The van der Waals surface area contributed by atoms with Crippen molar-refractivity contribution in [2.45, 2.75) is 25.7 Å². The number of ether oxygens (including phenoxy) is 1. The molecule has 0 atom stereocenters. The highest BCUT2D eigenvalue weighted by molar-refractivity contribution is 5.92. The zero-order chi connectivity index (χ0) is 12.0. The molecule has 0 spiro atoms. The van der Waals surface area contributed by atoms with Crippen LogP contribution in [0.25, 0.3) is 0 Å². The van der Waals surface area contributed by atoms with E-state index in [1.165, 1.54) is 0 Å². The number of hydrogen-bond donors (Lipinski definition) is 1. The van der Waals surface area contributed by atoms with Gasteiger partial charge in [-0.05, 0) is 12.8 Å². The molecule has 1 saturated carbocycles. The first kappa shape index (κ1) is 12.4. The van der Waals surface area contributed by atoms with Crippen molar-refractivity contribution < 1.29 is 24.2 Å². The Bertz CT molecular complexity index is 312. The molecule has 0 radical (unpaired) electrons. The quantitative estimate of drug-likeness (QED) is 0.557. The first-order valence-electron chi connectivity index (χ1n) is 5.20. The fraction of sp³-hybridized carbons (Fsp3) is 0.545. The van der Waals surface area contributed by atoms with Crippen LogP contribution in [0.1, 0.15) is 25.7 Å². The van der Waals surface area contributed by atoms with E-state index >= 15 is 0 Å². The zero-order valence-electron chi connectivity index (χ0n) is 8.85. The molecule has 16 heavy (non-hydrogen) atoms. The number of rotatable bonds is 5. The van der Waals surface area contributed by atoms with Crippen LogP contribution in [0.3, 0.4) is 0 Å². The van der Waals surface area contributed by atoms with Gasteiger partial charge >= 0.3 is 11.9 Å². The number of ketones is 1. The summed E-state index contributed by atoms with van der Waals surface area (Å²) in [6.45, 7) is -0.256. The highest BCUT2D eigenvalue weighted by atomic mass is 16.5. The average molecular weight is 226 g/mol. The number of carbonyl (C=O) groups excluding carboxylic acids is 2. The molecule has 0 aliphatic heterocycles. The predicted molar refractivity (Wildman–Crippen MR) is 54.7 cm³/mol. The van der Waals surface area contributed by atoms with E-state index in [2.05, 4.69) is 4.74 Å². The van der Waals surface area contributed by atoms with Crippen LogP contribution in [0.5, 0.6) is 0 Å². The van der Waals surface area contributed by atoms with Crippen molar-refractivity contribution in [1.29, 1.82) is 0 Å². The minimum absolute atomic E-state index is 0.0104. The highest BCUT2D eigenvalue weighted by Gasteiger charge is 2.23. The molecule has 1 N–H and O–H groups in total. The van der Waals surface area contributed by atoms with Crippen LogP contribution in [0.4, 0.5) is 0 Å². The van der Waals surface area contributed by atoms with E-state index in [-0.39, 0.29) is 18.3 Å². The molecule has 1 aliphatic carbocycles. The number of aliphatic carboxylic acids is 1. The van der Waals surface area contributed by atoms with Crippen LogP contribution in [0.2, 0.25) is 0 Å². The van der Waals surface area contributed by atoms with Crippen molar-refractivity contribution in [2.24, 2.45) is 5.92 Å². The second-order valence-corrected chi connectivity index (χ2v) is 3.73. The van der Waals surface area contributed by atoms with Crippen LogP contribution in [0.15, 0.2) is 12.2 Å². The van der Waals surface area contributed by atoms with Gasteiger partial charge < -0.3 is 9.84 Å². The maximum absolute atomic E-state index is 11.5. The van der Waals surface area contributed by atoms with Crippen LogP contribution in [-0.4, -0.2) is 29.4 Å². The van der Waals surface area contributed by atoms with Gasteiger partial charge in [-0.3, -0.25) is 4.79 Å². The normalized spacial score (nSPS) is 16.5. The van der Waals surface area contributed by atoms with Gasteiger partial charge in [-0.25, -0.2) is 9.59 Å². The lowest BCUT2D eigenvalue weighted by atomic mass is 10.0. The molecule has 0 aromatic carbocycles. The maximum atomic E-state index is 11.5. The lowest BCUT2D eigenvalue weighted by Crippen LogP contribution is -2.19. The van der Waals surface area contributed by atoms with Crippen molar-refractivity contribution in [3.8, 4) is 0 Å². The summed E-state index contributed by atoms with van der Waals surface area (Å²) in [6.07, 6.45) is 5.29. The van der Waals surface area contributed by atoms with Gasteiger partial charge in [0.1, 0.15) is 0 Å². The maximum Gasteiger partial charge on any atom is 0.331 e. The molecule has 1 fully saturated rings. The molecular formula is C11H14O5. The summed E-state index contributed by atoms with van der Waals surface area (Å²) in [5.74, 6) is -2.08. The van der Waals surface area contributed by atoms with Gasteiger partial charge in [0.2, 0.25) is 0 Å². The van der Waals surface area contributed by atoms with Crippen molar-refractivity contribution in [3.05, 3.63) is 12.2 Å². The molecule has 5 nitrogen and oxygen atoms in total. The van der Waals surface area contributed by atoms with Crippen molar-refractivity contribution in [3.63, 3.8) is 0 Å². The molecule has 0 aromatic rings. The molecule has 0 amide bonds. The summed E-state index contributed by atoms with van der Waals surface area (Å²) >= 11 is 0. The first-order valence-corrected chi connectivity index (χ1v) is 5.20. The van der Waals surface area contributed by atoms with Gasteiger partial charge in [0.25, 0.3) is 0 Å². The minimum atomic E-state index is -1.22. The fourth-order valence-electron chi connectivity index (χ4n) is 1.70. The number of carboxylic acid groups (broad SMARTS) is 1. The van der Waals surface area contributed by atoms with Gasteiger partial charge in [0, 0.05) is 18.1 Å². The number of esters is 1. The molecule has 0 unspecified atom stereocenters. The second kappa shape index (κ2) is 6.05. The molecule has 1 rings (SSSR count). The van der Waals surface area contributed by atoms with Crippen LogP contribution in [-0.2, 0) is 19.1 Å². The largest absolute Gasteiger partial charge is 0.478 e. The third-order valence-corrected chi connectivity index (χ3v) is 2.53. The molecule has 88 valence electrons. The Labute approximate surface area is 93.1 Å². The van der Waals surface area contributed by atoms with Gasteiger partial charge in [-0.15, -0.1) is 0 Å². The summed E-state index contributed by atoms with van der Waals surface area (Å²) in [4.78, 5) is 32.5. The predicted octanol–water partition coefficient (Wildman–Crippen LogP) is 0.930. The van der Waals surface area contributed by atoms with Crippen LogP contribution in [0, 0.1) is 5.92 Å².